The summed E-state index contributed by atoms with van der Waals surface area (Å²) in [4.78, 5) is 14.2. The van der Waals surface area contributed by atoms with Crippen LogP contribution >= 0.6 is 0 Å². The summed E-state index contributed by atoms with van der Waals surface area (Å²) in [5.74, 6) is -0.170. The van der Waals surface area contributed by atoms with Crippen LogP contribution in [0.4, 0.5) is 10.1 Å². The van der Waals surface area contributed by atoms with Gasteiger partial charge in [0, 0.05) is 31.4 Å². The second-order valence-electron chi connectivity index (χ2n) is 7.81. The molecule has 1 saturated heterocycles. The standard InChI is InChI=1S/C20H30FN3O3S/c1-2-28(26,27)23-16-7-5-15(6-8-16)14-22-17-9-10-19(21)18(13-17)20(25)24-11-3-4-12-24/h9-10,13,15-16,22-23H,2-8,11-12,14H2,1H3/t15-,16-. The molecule has 0 bridgehead atoms. The highest BCUT2D eigenvalue weighted by molar-refractivity contribution is 7.89. The van der Waals surface area contributed by atoms with Crippen molar-refractivity contribution in [3.05, 3.63) is 29.6 Å². The fraction of sp³-hybridized carbons (Fsp3) is 0.650. The highest BCUT2D eigenvalue weighted by Gasteiger charge is 2.25. The lowest BCUT2D eigenvalue weighted by atomic mass is 9.86. The number of rotatable bonds is 7. The van der Waals surface area contributed by atoms with E-state index >= 15 is 0 Å². The van der Waals surface area contributed by atoms with Crippen molar-refractivity contribution < 1.29 is 17.6 Å². The summed E-state index contributed by atoms with van der Waals surface area (Å²) in [6.45, 7) is 3.77. The topological polar surface area (TPSA) is 78.5 Å². The van der Waals surface area contributed by atoms with E-state index in [1.165, 1.54) is 6.07 Å². The van der Waals surface area contributed by atoms with Crippen LogP contribution in [0, 0.1) is 11.7 Å². The van der Waals surface area contributed by atoms with Crippen LogP contribution in [-0.2, 0) is 10.0 Å². The Bertz CT molecular complexity index is 786. The van der Waals surface area contributed by atoms with Gasteiger partial charge in [-0.25, -0.2) is 17.5 Å². The van der Waals surface area contributed by atoms with Crippen LogP contribution in [0.2, 0.25) is 0 Å². The molecule has 156 valence electrons. The lowest BCUT2D eigenvalue weighted by Crippen LogP contribution is -2.39. The van der Waals surface area contributed by atoms with E-state index in [1.54, 1.807) is 24.0 Å². The van der Waals surface area contributed by atoms with Gasteiger partial charge in [-0.3, -0.25) is 4.79 Å². The number of carbonyl (C=O) groups is 1. The predicted octanol–water partition coefficient (Wildman–Crippen LogP) is 2.97. The molecule has 0 spiro atoms. The zero-order chi connectivity index (χ0) is 20.1. The first-order chi connectivity index (χ1) is 13.4. The van der Waals surface area contributed by atoms with Gasteiger partial charge in [-0.2, -0.15) is 0 Å². The summed E-state index contributed by atoms with van der Waals surface area (Å²) in [7, 11) is -3.15. The van der Waals surface area contributed by atoms with E-state index in [4.69, 9.17) is 0 Å². The summed E-state index contributed by atoms with van der Waals surface area (Å²) in [5, 5.41) is 3.33. The molecule has 1 heterocycles. The zero-order valence-corrected chi connectivity index (χ0v) is 17.2. The molecule has 8 heteroatoms. The van der Waals surface area contributed by atoms with Gasteiger partial charge in [-0.05, 0) is 69.6 Å². The van der Waals surface area contributed by atoms with Gasteiger partial charge in [0.25, 0.3) is 5.91 Å². The van der Waals surface area contributed by atoms with E-state index in [9.17, 15) is 17.6 Å². The summed E-state index contributed by atoms with van der Waals surface area (Å²) >= 11 is 0. The van der Waals surface area contributed by atoms with E-state index in [0.717, 1.165) is 50.8 Å². The first-order valence-corrected chi connectivity index (χ1v) is 11.9. The van der Waals surface area contributed by atoms with E-state index in [1.807, 2.05) is 0 Å². The number of likely N-dealkylation sites (tertiary alicyclic amines) is 1. The molecule has 1 saturated carbocycles. The molecule has 3 rings (SSSR count). The Morgan fingerprint density at radius 1 is 1.18 bits per heavy atom. The van der Waals surface area contributed by atoms with Gasteiger partial charge in [0.2, 0.25) is 10.0 Å². The average molecular weight is 412 g/mol. The van der Waals surface area contributed by atoms with Crippen molar-refractivity contribution in [2.75, 3.05) is 30.7 Å². The van der Waals surface area contributed by atoms with Crippen molar-refractivity contribution in [1.82, 2.24) is 9.62 Å². The molecule has 0 atom stereocenters. The molecular formula is C20H30FN3O3S. The van der Waals surface area contributed by atoms with Gasteiger partial charge in [0.15, 0.2) is 0 Å². The molecule has 1 aromatic carbocycles. The minimum Gasteiger partial charge on any atom is -0.385 e. The average Bonchev–Trinajstić information content (AvgIpc) is 3.22. The number of sulfonamides is 1. The molecule has 0 aromatic heterocycles. The predicted molar refractivity (Wildman–Crippen MR) is 108 cm³/mol. The lowest BCUT2D eigenvalue weighted by Gasteiger charge is -2.29. The summed E-state index contributed by atoms with van der Waals surface area (Å²) in [6.07, 6.45) is 5.47. The van der Waals surface area contributed by atoms with Gasteiger partial charge in [-0.1, -0.05) is 0 Å². The van der Waals surface area contributed by atoms with E-state index in [0.29, 0.717) is 19.0 Å². The Morgan fingerprint density at radius 2 is 1.86 bits per heavy atom. The van der Waals surface area contributed by atoms with E-state index < -0.39 is 15.8 Å². The SMILES string of the molecule is CCS(=O)(=O)N[C@H]1CC[C@H](CNc2ccc(F)c(C(=O)N3CCCC3)c2)CC1. The molecule has 2 aliphatic rings. The molecule has 6 nitrogen and oxygen atoms in total. The van der Waals surface area contributed by atoms with E-state index in [2.05, 4.69) is 10.0 Å². The highest BCUT2D eigenvalue weighted by atomic mass is 32.2. The van der Waals surface area contributed by atoms with E-state index in [-0.39, 0.29) is 23.3 Å². The molecule has 1 amide bonds. The number of nitrogens with zero attached hydrogens (tertiary/aromatic N) is 1. The lowest BCUT2D eigenvalue weighted by molar-refractivity contribution is 0.0788. The number of hydrogen-bond acceptors (Lipinski definition) is 4. The summed E-state index contributed by atoms with van der Waals surface area (Å²) < 4.78 is 40.3. The second-order valence-corrected chi connectivity index (χ2v) is 9.86. The van der Waals surface area contributed by atoms with Crippen molar-refractivity contribution in [3.8, 4) is 0 Å². The van der Waals surface area contributed by atoms with Crippen LogP contribution in [-0.4, -0.2) is 50.7 Å². The highest BCUT2D eigenvalue weighted by Crippen LogP contribution is 2.26. The smallest absolute Gasteiger partial charge is 0.256 e. The van der Waals surface area contributed by atoms with Crippen molar-refractivity contribution in [2.45, 2.75) is 51.5 Å². The van der Waals surface area contributed by atoms with Crippen LogP contribution < -0.4 is 10.0 Å². The number of carbonyl (C=O) groups excluding carboxylic acids is 1. The van der Waals surface area contributed by atoms with Gasteiger partial charge >= 0.3 is 0 Å². The maximum Gasteiger partial charge on any atom is 0.256 e. The molecule has 2 fully saturated rings. The fourth-order valence-corrected chi connectivity index (χ4v) is 4.88. The van der Waals surface area contributed by atoms with Gasteiger partial charge in [0.1, 0.15) is 5.82 Å². The van der Waals surface area contributed by atoms with Gasteiger partial charge < -0.3 is 10.2 Å². The monoisotopic (exact) mass is 411 g/mol. The maximum absolute atomic E-state index is 14.1. The minimum atomic E-state index is -3.15. The molecule has 1 aliphatic carbocycles. The molecular weight excluding hydrogens is 381 g/mol. The van der Waals surface area contributed by atoms with Crippen LogP contribution in [0.25, 0.3) is 0 Å². The third-order valence-corrected chi connectivity index (χ3v) is 7.21. The number of benzene rings is 1. The maximum atomic E-state index is 14.1. The van der Waals surface area contributed by atoms with Gasteiger partial charge in [-0.15, -0.1) is 0 Å². The summed E-state index contributed by atoms with van der Waals surface area (Å²) in [5.41, 5.74) is 0.877. The largest absolute Gasteiger partial charge is 0.385 e. The van der Waals surface area contributed by atoms with Crippen LogP contribution in [0.3, 0.4) is 0 Å². The van der Waals surface area contributed by atoms with Crippen molar-refractivity contribution in [3.63, 3.8) is 0 Å². The minimum absolute atomic E-state index is 0.0247. The number of amides is 1. The number of halogens is 1. The summed E-state index contributed by atoms with van der Waals surface area (Å²) in [6, 6.07) is 4.65. The molecule has 2 N–H and O–H groups in total. The Labute approximate surface area is 166 Å². The van der Waals surface area contributed by atoms with Gasteiger partial charge in [0.05, 0.1) is 11.3 Å². The first-order valence-electron chi connectivity index (χ1n) is 10.2. The normalized spacial score (nSPS) is 23.0. The molecule has 28 heavy (non-hydrogen) atoms. The van der Waals surface area contributed by atoms with Crippen LogP contribution in [0.15, 0.2) is 18.2 Å². The Balaban J connectivity index is 1.51. The van der Waals surface area contributed by atoms with Crippen molar-refractivity contribution >= 4 is 21.6 Å². The second kappa shape index (κ2) is 9.22. The zero-order valence-electron chi connectivity index (χ0n) is 16.4. The number of nitrogens with one attached hydrogen (secondary N) is 2. The first kappa shape index (κ1) is 21.0. The Hall–Kier alpha value is -1.67. The molecule has 0 unspecified atom stereocenters. The Kier molecular flexibility index (Phi) is 6.93. The number of anilines is 1. The van der Waals surface area contributed by atoms with Crippen molar-refractivity contribution in [2.24, 2.45) is 5.92 Å². The Morgan fingerprint density at radius 3 is 2.50 bits per heavy atom. The fourth-order valence-electron chi connectivity index (χ4n) is 3.97. The van der Waals surface area contributed by atoms with Crippen molar-refractivity contribution in [1.29, 1.82) is 0 Å². The third-order valence-electron chi connectivity index (χ3n) is 5.76. The number of hydrogen-bond donors (Lipinski definition) is 2. The third kappa shape index (κ3) is 5.44. The van der Waals surface area contributed by atoms with Crippen LogP contribution in [0.1, 0.15) is 55.8 Å². The quantitative estimate of drug-likeness (QED) is 0.723. The molecule has 1 aliphatic heterocycles. The molecule has 1 aromatic rings. The molecule has 0 radical (unpaired) electrons. The van der Waals surface area contributed by atoms with Crippen LogP contribution in [0.5, 0.6) is 0 Å².